The number of nitrogens with zero attached hydrogens (tertiary/aromatic N) is 2. The van der Waals surface area contributed by atoms with Crippen molar-refractivity contribution >= 4 is 22.8 Å². The lowest BCUT2D eigenvalue weighted by molar-refractivity contribution is -0.122. The van der Waals surface area contributed by atoms with E-state index in [4.69, 9.17) is 0 Å². The number of para-hydroxylation sites is 2. The monoisotopic (exact) mass is 368 g/mol. The van der Waals surface area contributed by atoms with E-state index in [1.807, 2.05) is 28.8 Å². The van der Waals surface area contributed by atoms with Gasteiger partial charge in [-0.15, -0.1) is 0 Å². The Morgan fingerprint density at radius 3 is 2.59 bits per heavy atom. The number of halogens is 1. The predicted octanol–water partition coefficient (Wildman–Crippen LogP) is 2.98. The summed E-state index contributed by atoms with van der Waals surface area (Å²) < 4.78 is 15.5. The number of amides is 2. The van der Waals surface area contributed by atoms with Gasteiger partial charge in [0.2, 0.25) is 0 Å². The average Bonchev–Trinajstić information content (AvgIpc) is 3.02. The fourth-order valence-corrected chi connectivity index (χ4v) is 2.85. The molecule has 3 aromatic rings. The van der Waals surface area contributed by atoms with Crippen LogP contribution in [-0.2, 0) is 17.8 Å². The van der Waals surface area contributed by atoms with Gasteiger partial charge >= 0.3 is 0 Å². The molecule has 2 N–H and O–H groups in total. The van der Waals surface area contributed by atoms with Gasteiger partial charge in [0.15, 0.2) is 0 Å². The Labute approximate surface area is 156 Å². The molecule has 1 heterocycles. The summed E-state index contributed by atoms with van der Waals surface area (Å²) in [5.74, 6) is -0.941. The van der Waals surface area contributed by atoms with Crippen molar-refractivity contribution in [3.8, 4) is 0 Å². The molecule has 0 fully saturated rings. The minimum Gasteiger partial charge on any atom is -0.318 e. The maximum Gasteiger partial charge on any atom is 0.272 e. The molecule has 3 rings (SSSR count). The highest BCUT2D eigenvalue weighted by molar-refractivity contribution is 5.95. The highest BCUT2D eigenvalue weighted by Crippen LogP contribution is 2.17. The number of imidazole rings is 1. The summed E-state index contributed by atoms with van der Waals surface area (Å²) >= 11 is 0. The Balaban J connectivity index is 1.70. The molecule has 0 bridgehead atoms. The number of fused-ring (bicyclic) bond motifs is 1. The Hall–Kier alpha value is -3.22. The number of carbonyl (C=O) groups excluding carboxylic acids is 2. The fraction of sp³-hybridized carbons (Fsp3) is 0.250. The van der Waals surface area contributed by atoms with Crippen molar-refractivity contribution in [3.05, 3.63) is 65.7 Å². The van der Waals surface area contributed by atoms with Gasteiger partial charge in [-0.1, -0.05) is 37.6 Å². The van der Waals surface area contributed by atoms with E-state index in [2.05, 4.69) is 22.8 Å². The lowest BCUT2D eigenvalue weighted by Gasteiger charge is -2.11. The number of benzene rings is 2. The molecule has 1 aromatic heterocycles. The third-order valence-electron chi connectivity index (χ3n) is 4.22. The summed E-state index contributed by atoms with van der Waals surface area (Å²) in [6.07, 6.45) is 2.75. The Morgan fingerprint density at radius 1 is 1.07 bits per heavy atom. The van der Waals surface area contributed by atoms with Crippen molar-refractivity contribution in [2.45, 2.75) is 32.7 Å². The topological polar surface area (TPSA) is 76.0 Å². The Bertz CT molecular complexity index is 968. The van der Waals surface area contributed by atoms with Crippen molar-refractivity contribution in [1.29, 1.82) is 0 Å². The van der Waals surface area contributed by atoms with Crippen LogP contribution in [0.2, 0.25) is 0 Å². The number of hydrogen-bond acceptors (Lipinski definition) is 3. The SMILES string of the molecule is CCCCc1nc2ccccc2n1CC(=O)NNC(=O)c1ccccc1F. The summed E-state index contributed by atoms with van der Waals surface area (Å²) in [4.78, 5) is 28.9. The fourth-order valence-electron chi connectivity index (χ4n) is 2.85. The third kappa shape index (κ3) is 4.31. The molecular formula is C20H21FN4O2. The molecule has 0 aliphatic carbocycles. The molecule has 0 saturated carbocycles. The van der Waals surface area contributed by atoms with Gasteiger partial charge in [0.05, 0.1) is 16.6 Å². The van der Waals surface area contributed by atoms with Crippen molar-refractivity contribution in [1.82, 2.24) is 20.4 Å². The average molecular weight is 368 g/mol. The molecule has 0 radical (unpaired) electrons. The molecule has 7 heteroatoms. The van der Waals surface area contributed by atoms with E-state index in [-0.39, 0.29) is 12.1 Å². The van der Waals surface area contributed by atoms with E-state index in [1.54, 1.807) is 6.07 Å². The van der Waals surface area contributed by atoms with Crippen LogP contribution in [0.4, 0.5) is 4.39 Å². The van der Waals surface area contributed by atoms with Crippen molar-refractivity contribution in [2.24, 2.45) is 0 Å². The number of unbranched alkanes of at least 4 members (excludes halogenated alkanes) is 1. The van der Waals surface area contributed by atoms with Crippen molar-refractivity contribution in [2.75, 3.05) is 0 Å². The van der Waals surface area contributed by atoms with Gasteiger partial charge in [-0.3, -0.25) is 20.4 Å². The van der Waals surface area contributed by atoms with Crippen LogP contribution in [0.1, 0.15) is 35.9 Å². The van der Waals surface area contributed by atoms with Gasteiger partial charge in [0.25, 0.3) is 11.8 Å². The summed E-state index contributed by atoms with van der Waals surface area (Å²) in [5.41, 5.74) is 6.15. The van der Waals surface area contributed by atoms with Crippen molar-refractivity contribution in [3.63, 3.8) is 0 Å². The molecule has 6 nitrogen and oxygen atoms in total. The summed E-state index contributed by atoms with van der Waals surface area (Å²) in [7, 11) is 0. The zero-order chi connectivity index (χ0) is 19.2. The predicted molar refractivity (Wildman–Crippen MR) is 100 cm³/mol. The molecule has 27 heavy (non-hydrogen) atoms. The second kappa shape index (κ2) is 8.44. The van der Waals surface area contributed by atoms with Crippen LogP contribution in [0.3, 0.4) is 0 Å². The molecular weight excluding hydrogens is 347 g/mol. The zero-order valence-electron chi connectivity index (χ0n) is 15.0. The standard InChI is InChI=1S/C20H21FN4O2/c1-2-3-12-18-22-16-10-6-7-11-17(16)25(18)13-19(26)23-24-20(27)14-8-4-5-9-15(14)21/h4-11H,2-3,12-13H2,1H3,(H,23,26)(H,24,27). The van der Waals surface area contributed by atoms with Crippen LogP contribution in [0.5, 0.6) is 0 Å². The maximum absolute atomic E-state index is 13.6. The van der Waals surface area contributed by atoms with Crippen LogP contribution in [-0.4, -0.2) is 21.4 Å². The largest absolute Gasteiger partial charge is 0.318 e. The van der Waals surface area contributed by atoms with E-state index in [0.29, 0.717) is 0 Å². The van der Waals surface area contributed by atoms with E-state index < -0.39 is 17.6 Å². The first-order valence-corrected chi connectivity index (χ1v) is 8.88. The van der Waals surface area contributed by atoms with Gasteiger partial charge in [-0.25, -0.2) is 9.37 Å². The normalized spacial score (nSPS) is 10.7. The number of carbonyl (C=O) groups is 2. The van der Waals surface area contributed by atoms with Crippen molar-refractivity contribution < 1.29 is 14.0 Å². The second-order valence-corrected chi connectivity index (χ2v) is 6.19. The molecule has 0 saturated heterocycles. The smallest absolute Gasteiger partial charge is 0.272 e. The molecule has 0 spiro atoms. The van der Waals surface area contributed by atoms with Gasteiger partial charge in [0.1, 0.15) is 18.2 Å². The Kier molecular flexibility index (Phi) is 5.80. The first-order chi connectivity index (χ1) is 13.1. The zero-order valence-corrected chi connectivity index (χ0v) is 15.0. The number of hydrogen-bond donors (Lipinski definition) is 2. The maximum atomic E-state index is 13.6. The molecule has 0 atom stereocenters. The highest BCUT2D eigenvalue weighted by atomic mass is 19.1. The van der Waals surface area contributed by atoms with Crippen LogP contribution in [0, 0.1) is 5.82 Å². The number of hydrazine groups is 1. The third-order valence-corrected chi connectivity index (χ3v) is 4.22. The minimum atomic E-state index is -0.705. The molecule has 2 amide bonds. The minimum absolute atomic E-state index is 0.0110. The Morgan fingerprint density at radius 2 is 1.81 bits per heavy atom. The number of nitrogens with one attached hydrogen (secondary N) is 2. The van der Waals surface area contributed by atoms with Crippen LogP contribution < -0.4 is 10.9 Å². The van der Waals surface area contributed by atoms with E-state index in [9.17, 15) is 14.0 Å². The number of aryl methyl sites for hydroxylation is 1. The van der Waals surface area contributed by atoms with Gasteiger partial charge in [-0.05, 0) is 30.7 Å². The number of rotatable bonds is 6. The highest BCUT2D eigenvalue weighted by Gasteiger charge is 2.15. The lowest BCUT2D eigenvalue weighted by atomic mass is 10.2. The van der Waals surface area contributed by atoms with E-state index >= 15 is 0 Å². The second-order valence-electron chi connectivity index (χ2n) is 6.19. The summed E-state index contributed by atoms with van der Waals surface area (Å²) in [5, 5.41) is 0. The first-order valence-electron chi connectivity index (χ1n) is 8.88. The quantitative estimate of drug-likeness (QED) is 0.657. The molecule has 2 aromatic carbocycles. The lowest BCUT2D eigenvalue weighted by Crippen LogP contribution is -2.43. The van der Waals surface area contributed by atoms with Crippen LogP contribution in [0.25, 0.3) is 11.0 Å². The van der Waals surface area contributed by atoms with Crippen LogP contribution >= 0.6 is 0 Å². The summed E-state index contributed by atoms with van der Waals surface area (Å²) in [6, 6.07) is 13.2. The van der Waals surface area contributed by atoms with Gasteiger partial charge < -0.3 is 4.57 Å². The number of aromatic nitrogens is 2. The first kappa shape index (κ1) is 18.6. The van der Waals surface area contributed by atoms with Gasteiger partial charge in [-0.2, -0.15) is 0 Å². The van der Waals surface area contributed by atoms with E-state index in [1.165, 1.54) is 18.2 Å². The molecule has 0 aliphatic rings. The molecule has 0 unspecified atom stereocenters. The molecule has 140 valence electrons. The van der Waals surface area contributed by atoms with Gasteiger partial charge in [0, 0.05) is 6.42 Å². The van der Waals surface area contributed by atoms with Crippen LogP contribution in [0.15, 0.2) is 48.5 Å². The van der Waals surface area contributed by atoms with E-state index in [0.717, 1.165) is 36.1 Å². The molecule has 0 aliphatic heterocycles. The summed E-state index contributed by atoms with van der Waals surface area (Å²) in [6.45, 7) is 2.11.